The lowest BCUT2D eigenvalue weighted by molar-refractivity contribution is 0.411. The summed E-state index contributed by atoms with van der Waals surface area (Å²) in [4.78, 5) is 5.75. The Bertz CT molecular complexity index is 435. The second kappa shape index (κ2) is 4.38. The van der Waals surface area contributed by atoms with Crippen LogP contribution < -0.4 is 0 Å². The molecule has 1 nitrogen and oxygen atoms in total. The maximum Gasteiger partial charge on any atom is 0.0801 e. The number of aromatic nitrogens is 1. The fourth-order valence-corrected chi connectivity index (χ4v) is 2.41. The highest BCUT2D eigenvalue weighted by molar-refractivity contribution is 7.13. The van der Waals surface area contributed by atoms with Crippen LogP contribution in [0.5, 0.6) is 0 Å². The SMILES string of the molecule is CC(C)(C)Cc1ccc(-c2cccs2)nc1. The largest absolute Gasteiger partial charge is 0.255 e. The zero-order chi connectivity index (χ0) is 11.6. The van der Waals surface area contributed by atoms with E-state index < -0.39 is 0 Å². The molecule has 2 aromatic heterocycles. The average Bonchev–Trinajstić information content (AvgIpc) is 2.69. The van der Waals surface area contributed by atoms with E-state index >= 15 is 0 Å². The molecule has 2 rings (SSSR count). The zero-order valence-corrected chi connectivity index (χ0v) is 10.8. The van der Waals surface area contributed by atoms with E-state index in [2.05, 4.69) is 55.4 Å². The summed E-state index contributed by atoms with van der Waals surface area (Å²) in [5.74, 6) is 0. The predicted octanol–water partition coefficient (Wildman–Crippen LogP) is 4.40. The van der Waals surface area contributed by atoms with Gasteiger partial charge in [0.25, 0.3) is 0 Å². The van der Waals surface area contributed by atoms with Crippen LogP contribution in [0.2, 0.25) is 0 Å². The lowest BCUT2D eigenvalue weighted by Gasteiger charge is -2.17. The highest BCUT2D eigenvalue weighted by atomic mass is 32.1. The Balaban J connectivity index is 2.17. The summed E-state index contributed by atoms with van der Waals surface area (Å²) in [6, 6.07) is 8.47. The summed E-state index contributed by atoms with van der Waals surface area (Å²) >= 11 is 1.73. The molecule has 0 aliphatic rings. The Kier molecular flexibility index (Phi) is 3.10. The van der Waals surface area contributed by atoms with E-state index in [1.807, 2.05) is 6.20 Å². The van der Waals surface area contributed by atoms with Crippen molar-refractivity contribution < 1.29 is 0 Å². The minimum atomic E-state index is 0.326. The highest BCUT2D eigenvalue weighted by Crippen LogP contribution is 2.24. The van der Waals surface area contributed by atoms with Crippen LogP contribution in [0.1, 0.15) is 26.3 Å². The molecule has 0 bridgehead atoms. The Labute approximate surface area is 101 Å². The van der Waals surface area contributed by atoms with Crippen LogP contribution in [0.15, 0.2) is 35.8 Å². The number of hydrogen-bond acceptors (Lipinski definition) is 2. The van der Waals surface area contributed by atoms with E-state index in [1.54, 1.807) is 11.3 Å². The van der Waals surface area contributed by atoms with Gasteiger partial charge in [-0.2, -0.15) is 0 Å². The first-order valence-corrected chi connectivity index (χ1v) is 6.41. The maximum atomic E-state index is 4.52. The minimum Gasteiger partial charge on any atom is -0.255 e. The Morgan fingerprint density at radius 3 is 2.50 bits per heavy atom. The molecular formula is C14H17NS. The molecule has 2 aromatic rings. The van der Waals surface area contributed by atoms with Crippen molar-refractivity contribution >= 4 is 11.3 Å². The molecule has 2 heterocycles. The molecule has 0 spiro atoms. The molecule has 0 aromatic carbocycles. The first kappa shape index (κ1) is 11.3. The fraction of sp³-hybridized carbons (Fsp3) is 0.357. The van der Waals surface area contributed by atoms with Gasteiger partial charge in [-0.3, -0.25) is 4.98 Å². The van der Waals surface area contributed by atoms with Crippen molar-refractivity contribution in [2.45, 2.75) is 27.2 Å². The normalized spacial score (nSPS) is 11.7. The second-order valence-electron chi connectivity index (χ2n) is 5.27. The molecule has 0 aliphatic heterocycles. The van der Waals surface area contributed by atoms with Gasteiger partial charge in [0.15, 0.2) is 0 Å². The average molecular weight is 231 g/mol. The van der Waals surface area contributed by atoms with Crippen LogP contribution in [0.3, 0.4) is 0 Å². The van der Waals surface area contributed by atoms with Crippen molar-refractivity contribution in [1.82, 2.24) is 4.98 Å². The first-order chi connectivity index (χ1) is 7.54. The minimum absolute atomic E-state index is 0.326. The summed E-state index contributed by atoms with van der Waals surface area (Å²) in [6.07, 6.45) is 3.07. The third-order valence-corrected chi connectivity index (χ3v) is 3.23. The molecule has 0 unspecified atom stereocenters. The Morgan fingerprint density at radius 1 is 1.19 bits per heavy atom. The third kappa shape index (κ3) is 2.92. The fourth-order valence-electron chi connectivity index (χ4n) is 1.71. The predicted molar refractivity (Wildman–Crippen MR) is 70.7 cm³/mol. The number of rotatable bonds is 2. The maximum absolute atomic E-state index is 4.52. The van der Waals surface area contributed by atoms with Crippen molar-refractivity contribution in [2.24, 2.45) is 5.41 Å². The van der Waals surface area contributed by atoms with Crippen molar-refractivity contribution in [3.8, 4) is 10.6 Å². The molecule has 0 saturated carbocycles. The molecule has 2 heteroatoms. The van der Waals surface area contributed by atoms with E-state index in [9.17, 15) is 0 Å². The quantitative estimate of drug-likeness (QED) is 0.746. The topological polar surface area (TPSA) is 12.9 Å². The zero-order valence-electron chi connectivity index (χ0n) is 10.0. The summed E-state index contributed by atoms with van der Waals surface area (Å²) < 4.78 is 0. The second-order valence-corrected chi connectivity index (χ2v) is 6.21. The molecule has 0 saturated heterocycles. The summed E-state index contributed by atoms with van der Waals surface area (Å²) in [5, 5.41) is 2.08. The smallest absolute Gasteiger partial charge is 0.0801 e. The van der Waals surface area contributed by atoms with Crippen LogP contribution in [-0.4, -0.2) is 4.98 Å². The van der Waals surface area contributed by atoms with Gasteiger partial charge in [-0.1, -0.05) is 32.9 Å². The van der Waals surface area contributed by atoms with Gasteiger partial charge in [-0.05, 0) is 34.9 Å². The van der Waals surface area contributed by atoms with Crippen molar-refractivity contribution in [1.29, 1.82) is 0 Å². The van der Waals surface area contributed by atoms with Crippen molar-refractivity contribution in [2.75, 3.05) is 0 Å². The van der Waals surface area contributed by atoms with Crippen LogP contribution in [-0.2, 0) is 6.42 Å². The molecule has 0 N–H and O–H groups in total. The third-order valence-electron chi connectivity index (χ3n) is 2.33. The van der Waals surface area contributed by atoms with E-state index in [0.717, 1.165) is 12.1 Å². The van der Waals surface area contributed by atoms with E-state index in [1.165, 1.54) is 10.4 Å². The standard InChI is InChI=1S/C14H17NS/c1-14(2,3)9-11-6-7-12(15-10-11)13-5-4-8-16-13/h4-8,10H,9H2,1-3H3. The van der Waals surface area contributed by atoms with Gasteiger partial charge in [-0.15, -0.1) is 11.3 Å². The van der Waals surface area contributed by atoms with Gasteiger partial charge >= 0.3 is 0 Å². The number of hydrogen-bond donors (Lipinski definition) is 0. The van der Waals surface area contributed by atoms with Gasteiger partial charge in [0.05, 0.1) is 10.6 Å². The van der Waals surface area contributed by atoms with Gasteiger partial charge < -0.3 is 0 Å². The van der Waals surface area contributed by atoms with Crippen molar-refractivity contribution in [3.05, 3.63) is 41.4 Å². The van der Waals surface area contributed by atoms with Crippen LogP contribution in [0, 0.1) is 5.41 Å². The lowest BCUT2D eigenvalue weighted by atomic mass is 9.89. The van der Waals surface area contributed by atoms with Gasteiger partial charge in [-0.25, -0.2) is 0 Å². The van der Waals surface area contributed by atoms with Crippen LogP contribution in [0.25, 0.3) is 10.6 Å². The number of nitrogens with zero attached hydrogens (tertiary/aromatic N) is 1. The lowest BCUT2D eigenvalue weighted by Crippen LogP contribution is -2.09. The monoisotopic (exact) mass is 231 g/mol. The van der Waals surface area contributed by atoms with Gasteiger partial charge in [0.1, 0.15) is 0 Å². The number of pyridine rings is 1. The van der Waals surface area contributed by atoms with Crippen LogP contribution in [0.4, 0.5) is 0 Å². The number of thiophene rings is 1. The highest BCUT2D eigenvalue weighted by Gasteiger charge is 2.11. The summed E-state index contributed by atoms with van der Waals surface area (Å²) in [6.45, 7) is 6.75. The Hall–Kier alpha value is -1.15. The van der Waals surface area contributed by atoms with Gasteiger partial charge in [0, 0.05) is 6.20 Å². The van der Waals surface area contributed by atoms with E-state index in [0.29, 0.717) is 5.41 Å². The molecule has 16 heavy (non-hydrogen) atoms. The molecule has 0 aliphatic carbocycles. The van der Waals surface area contributed by atoms with Gasteiger partial charge in [0.2, 0.25) is 0 Å². The van der Waals surface area contributed by atoms with E-state index in [4.69, 9.17) is 0 Å². The van der Waals surface area contributed by atoms with Crippen molar-refractivity contribution in [3.63, 3.8) is 0 Å². The first-order valence-electron chi connectivity index (χ1n) is 5.53. The molecule has 0 radical (unpaired) electrons. The summed E-state index contributed by atoms with van der Waals surface area (Å²) in [5.41, 5.74) is 2.71. The van der Waals surface area contributed by atoms with Crippen LogP contribution >= 0.6 is 11.3 Å². The molecule has 0 amide bonds. The molecule has 0 fully saturated rings. The Morgan fingerprint density at radius 2 is 2.00 bits per heavy atom. The molecule has 84 valence electrons. The molecular weight excluding hydrogens is 214 g/mol. The van der Waals surface area contributed by atoms with E-state index in [-0.39, 0.29) is 0 Å². The molecule has 0 atom stereocenters. The summed E-state index contributed by atoms with van der Waals surface area (Å²) in [7, 11) is 0.